The van der Waals surface area contributed by atoms with Crippen molar-refractivity contribution in [3.8, 4) is 0 Å². The van der Waals surface area contributed by atoms with Gasteiger partial charge in [-0.25, -0.2) is 0 Å². The molecule has 0 aliphatic heterocycles. The molecule has 1 atom stereocenters. The number of rotatable bonds is 10. The lowest BCUT2D eigenvalue weighted by Crippen LogP contribution is -2.12. The zero-order valence-electron chi connectivity index (χ0n) is 12.1. The van der Waals surface area contributed by atoms with E-state index in [0.29, 0.717) is 6.04 Å². The highest BCUT2D eigenvalue weighted by molar-refractivity contribution is 7.99. The van der Waals surface area contributed by atoms with E-state index in [4.69, 9.17) is 9.47 Å². The molecule has 1 aromatic rings. The Balaban J connectivity index is 2.22. The van der Waals surface area contributed by atoms with Gasteiger partial charge >= 0.3 is 0 Å². The van der Waals surface area contributed by atoms with E-state index in [1.54, 1.807) is 7.11 Å². The fraction of sp³-hybridized carbons (Fsp3) is 0.600. The van der Waals surface area contributed by atoms with Crippen molar-refractivity contribution in [3.63, 3.8) is 0 Å². The fourth-order valence-electron chi connectivity index (χ4n) is 1.67. The molecule has 1 N–H and O–H groups in total. The van der Waals surface area contributed by atoms with E-state index >= 15 is 0 Å². The molecule has 0 radical (unpaired) electrons. The number of ether oxygens (including phenoxy) is 2. The summed E-state index contributed by atoms with van der Waals surface area (Å²) in [4.78, 5) is 1.31. The van der Waals surface area contributed by atoms with E-state index < -0.39 is 0 Å². The van der Waals surface area contributed by atoms with Gasteiger partial charge in [-0.05, 0) is 38.1 Å². The molecule has 0 aliphatic carbocycles. The van der Waals surface area contributed by atoms with Crippen molar-refractivity contribution in [2.45, 2.75) is 24.3 Å². The summed E-state index contributed by atoms with van der Waals surface area (Å²) in [5, 5.41) is 3.26. The van der Waals surface area contributed by atoms with Crippen LogP contribution in [0.1, 0.15) is 24.9 Å². The Morgan fingerprint density at radius 1 is 1.26 bits per heavy atom. The van der Waals surface area contributed by atoms with Gasteiger partial charge in [0.05, 0.1) is 6.61 Å². The third-order valence-corrected chi connectivity index (χ3v) is 3.88. The van der Waals surface area contributed by atoms with Crippen LogP contribution >= 0.6 is 11.8 Å². The van der Waals surface area contributed by atoms with Crippen LogP contribution in [0, 0.1) is 0 Å². The molecule has 0 saturated carbocycles. The summed E-state index contributed by atoms with van der Waals surface area (Å²) in [6, 6.07) is 9.07. The van der Waals surface area contributed by atoms with Gasteiger partial charge in [0.1, 0.15) is 0 Å². The van der Waals surface area contributed by atoms with Gasteiger partial charge in [0.15, 0.2) is 0 Å². The Morgan fingerprint density at radius 2 is 2.11 bits per heavy atom. The van der Waals surface area contributed by atoms with Crippen LogP contribution in [-0.4, -0.2) is 39.7 Å². The van der Waals surface area contributed by atoms with Gasteiger partial charge in [-0.2, -0.15) is 0 Å². The zero-order chi connectivity index (χ0) is 13.9. The summed E-state index contributed by atoms with van der Waals surface area (Å²) in [6.07, 6.45) is 0.969. The monoisotopic (exact) mass is 283 g/mol. The fourth-order valence-corrected chi connectivity index (χ4v) is 2.50. The first-order chi connectivity index (χ1) is 9.27. The SMILES string of the molecule is CNC(C)c1cccc(SCCOCCCOC)c1. The first-order valence-corrected chi connectivity index (χ1v) is 7.73. The van der Waals surface area contributed by atoms with Crippen LogP contribution in [0.4, 0.5) is 0 Å². The highest BCUT2D eigenvalue weighted by Gasteiger charge is 2.03. The maximum atomic E-state index is 5.54. The first-order valence-electron chi connectivity index (χ1n) is 6.74. The Morgan fingerprint density at radius 3 is 2.84 bits per heavy atom. The van der Waals surface area contributed by atoms with E-state index in [9.17, 15) is 0 Å². The summed E-state index contributed by atoms with van der Waals surface area (Å²) in [6.45, 7) is 4.52. The molecule has 1 aromatic carbocycles. The molecule has 108 valence electrons. The molecule has 4 heteroatoms. The van der Waals surface area contributed by atoms with Gasteiger partial charge in [-0.3, -0.25) is 0 Å². The second kappa shape index (κ2) is 10.3. The molecule has 0 aromatic heterocycles. The number of hydrogen-bond donors (Lipinski definition) is 1. The largest absolute Gasteiger partial charge is 0.385 e. The second-order valence-corrected chi connectivity index (χ2v) is 5.56. The van der Waals surface area contributed by atoms with Gasteiger partial charge in [0, 0.05) is 37.0 Å². The van der Waals surface area contributed by atoms with E-state index in [0.717, 1.165) is 32.0 Å². The molecule has 0 fully saturated rings. The number of benzene rings is 1. The van der Waals surface area contributed by atoms with Gasteiger partial charge in [0.2, 0.25) is 0 Å². The molecule has 0 amide bonds. The van der Waals surface area contributed by atoms with Crippen molar-refractivity contribution in [1.82, 2.24) is 5.32 Å². The smallest absolute Gasteiger partial charge is 0.0560 e. The summed E-state index contributed by atoms with van der Waals surface area (Å²) in [5.74, 6) is 0.990. The number of methoxy groups -OCH3 is 1. The molecule has 0 spiro atoms. The minimum absolute atomic E-state index is 0.394. The summed E-state index contributed by atoms with van der Waals surface area (Å²) >= 11 is 1.84. The van der Waals surface area contributed by atoms with Crippen LogP contribution in [0.25, 0.3) is 0 Å². The third kappa shape index (κ3) is 6.97. The molecule has 3 nitrogen and oxygen atoms in total. The number of nitrogens with one attached hydrogen (secondary N) is 1. The lowest BCUT2D eigenvalue weighted by Gasteiger charge is -2.11. The maximum absolute atomic E-state index is 5.54. The molecule has 0 saturated heterocycles. The Hall–Kier alpha value is -0.550. The lowest BCUT2D eigenvalue weighted by atomic mass is 10.1. The average Bonchev–Trinajstić information content (AvgIpc) is 2.46. The number of hydrogen-bond acceptors (Lipinski definition) is 4. The van der Waals surface area contributed by atoms with Gasteiger partial charge in [-0.15, -0.1) is 11.8 Å². The van der Waals surface area contributed by atoms with Crippen molar-refractivity contribution in [1.29, 1.82) is 0 Å². The second-order valence-electron chi connectivity index (χ2n) is 4.39. The predicted octanol–water partition coefficient (Wildman–Crippen LogP) is 3.11. The number of thioether (sulfide) groups is 1. The van der Waals surface area contributed by atoms with Crippen molar-refractivity contribution in [2.24, 2.45) is 0 Å². The van der Waals surface area contributed by atoms with Crippen molar-refractivity contribution < 1.29 is 9.47 Å². The molecule has 0 aliphatic rings. The normalized spacial score (nSPS) is 12.6. The predicted molar refractivity (Wildman–Crippen MR) is 82.0 cm³/mol. The van der Waals surface area contributed by atoms with Gasteiger partial charge in [-0.1, -0.05) is 12.1 Å². The van der Waals surface area contributed by atoms with Crippen LogP contribution in [0.3, 0.4) is 0 Å². The summed E-state index contributed by atoms with van der Waals surface area (Å²) in [7, 11) is 3.70. The van der Waals surface area contributed by atoms with Gasteiger partial charge in [0.25, 0.3) is 0 Å². The summed E-state index contributed by atoms with van der Waals surface area (Å²) < 4.78 is 10.5. The van der Waals surface area contributed by atoms with E-state index in [1.165, 1.54) is 10.5 Å². The van der Waals surface area contributed by atoms with Crippen LogP contribution < -0.4 is 5.32 Å². The topological polar surface area (TPSA) is 30.5 Å². The lowest BCUT2D eigenvalue weighted by molar-refractivity contribution is 0.113. The van der Waals surface area contributed by atoms with E-state index in [2.05, 4.69) is 36.5 Å². The van der Waals surface area contributed by atoms with Crippen molar-refractivity contribution >= 4 is 11.8 Å². The summed E-state index contributed by atoms with van der Waals surface area (Å²) in [5.41, 5.74) is 1.33. The van der Waals surface area contributed by atoms with Crippen LogP contribution in [0.15, 0.2) is 29.2 Å². The minimum atomic E-state index is 0.394. The molecule has 1 rings (SSSR count). The van der Waals surface area contributed by atoms with E-state index in [-0.39, 0.29) is 0 Å². The molecule has 0 heterocycles. The Bertz CT molecular complexity index is 347. The maximum Gasteiger partial charge on any atom is 0.0560 e. The molecular formula is C15H25NO2S. The zero-order valence-corrected chi connectivity index (χ0v) is 13.0. The quantitative estimate of drug-likeness (QED) is 0.528. The average molecular weight is 283 g/mol. The van der Waals surface area contributed by atoms with Crippen LogP contribution in [0.2, 0.25) is 0 Å². The van der Waals surface area contributed by atoms with Crippen LogP contribution in [-0.2, 0) is 9.47 Å². The highest BCUT2D eigenvalue weighted by Crippen LogP contribution is 2.22. The Labute approximate surface area is 121 Å². The highest BCUT2D eigenvalue weighted by atomic mass is 32.2. The van der Waals surface area contributed by atoms with E-state index in [1.807, 2.05) is 18.8 Å². The third-order valence-electron chi connectivity index (χ3n) is 2.92. The molecular weight excluding hydrogens is 258 g/mol. The molecule has 19 heavy (non-hydrogen) atoms. The standard InChI is InChI=1S/C15H25NO2S/c1-13(16-2)14-6-4-7-15(12-14)19-11-10-18-9-5-8-17-3/h4,6-7,12-13,16H,5,8-11H2,1-3H3. The van der Waals surface area contributed by atoms with Crippen molar-refractivity contribution in [3.05, 3.63) is 29.8 Å². The molecule has 1 unspecified atom stereocenters. The van der Waals surface area contributed by atoms with Gasteiger partial charge < -0.3 is 14.8 Å². The Kier molecular flexibility index (Phi) is 8.91. The van der Waals surface area contributed by atoms with Crippen molar-refractivity contribution in [2.75, 3.05) is 39.7 Å². The first kappa shape index (κ1) is 16.5. The van der Waals surface area contributed by atoms with Crippen LogP contribution in [0.5, 0.6) is 0 Å². The minimum Gasteiger partial charge on any atom is -0.385 e. The molecule has 0 bridgehead atoms.